The van der Waals surface area contributed by atoms with Gasteiger partial charge >= 0.3 is 0 Å². The molecule has 1 atom stereocenters. The standard InChI is InChI=1S/C14H17N3OS/c1-3-10-4-6-11(7-5-10)16-13(18)12-8-19-14(17-12)9(2)15/h4-9H,3,15H2,1-2H3,(H,16,18). The topological polar surface area (TPSA) is 68.0 Å². The maximum Gasteiger partial charge on any atom is 0.275 e. The highest BCUT2D eigenvalue weighted by atomic mass is 32.1. The van der Waals surface area contributed by atoms with Gasteiger partial charge in [-0.25, -0.2) is 4.98 Å². The summed E-state index contributed by atoms with van der Waals surface area (Å²) in [6.07, 6.45) is 0.984. The first-order valence-electron chi connectivity index (χ1n) is 6.21. The van der Waals surface area contributed by atoms with Crippen LogP contribution in [-0.4, -0.2) is 10.9 Å². The van der Waals surface area contributed by atoms with Crippen LogP contribution >= 0.6 is 11.3 Å². The third kappa shape index (κ3) is 3.39. The third-order valence-corrected chi connectivity index (χ3v) is 3.81. The molecule has 5 heteroatoms. The maximum atomic E-state index is 12.0. The minimum Gasteiger partial charge on any atom is -0.322 e. The van der Waals surface area contributed by atoms with Crippen LogP contribution in [0.4, 0.5) is 5.69 Å². The lowest BCUT2D eigenvalue weighted by Gasteiger charge is -2.04. The normalized spacial score (nSPS) is 12.2. The molecular weight excluding hydrogens is 258 g/mol. The van der Waals surface area contributed by atoms with Gasteiger partial charge in [-0.3, -0.25) is 4.79 Å². The Hall–Kier alpha value is -1.72. The number of amides is 1. The lowest BCUT2D eigenvalue weighted by molar-refractivity contribution is 0.102. The molecule has 4 nitrogen and oxygen atoms in total. The quantitative estimate of drug-likeness (QED) is 0.901. The summed E-state index contributed by atoms with van der Waals surface area (Å²) in [5, 5.41) is 5.33. The monoisotopic (exact) mass is 275 g/mol. The van der Waals surface area contributed by atoms with E-state index in [0.717, 1.165) is 17.1 Å². The van der Waals surface area contributed by atoms with E-state index >= 15 is 0 Å². The van der Waals surface area contributed by atoms with Crippen molar-refractivity contribution in [2.75, 3.05) is 5.32 Å². The highest BCUT2D eigenvalue weighted by Crippen LogP contribution is 2.17. The van der Waals surface area contributed by atoms with Gasteiger partial charge in [-0.05, 0) is 31.0 Å². The molecule has 0 bridgehead atoms. The number of nitrogens with two attached hydrogens (primary N) is 1. The zero-order chi connectivity index (χ0) is 13.8. The largest absolute Gasteiger partial charge is 0.322 e. The number of carbonyl (C=O) groups excluding carboxylic acids is 1. The number of hydrogen-bond acceptors (Lipinski definition) is 4. The molecule has 1 unspecified atom stereocenters. The van der Waals surface area contributed by atoms with Crippen molar-refractivity contribution < 1.29 is 4.79 Å². The van der Waals surface area contributed by atoms with Gasteiger partial charge in [0.15, 0.2) is 0 Å². The molecule has 0 aliphatic heterocycles. The number of aryl methyl sites for hydroxylation is 1. The van der Waals surface area contributed by atoms with Crippen LogP contribution in [0.1, 0.15) is 40.9 Å². The summed E-state index contributed by atoms with van der Waals surface area (Å²) < 4.78 is 0. The zero-order valence-electron chi connectivity index (χ0n) is 11.0. The van der Waals surface area contributed by atoms with Crippen molar-refractivity contribution in [2.24, 2.45) is 5.73 Å². The van der Waals surface area contributed by atoms with Crippen molar-refractivity contribution >= 4 is 22.9 Å². The molecule has 0 radical (unpaired) electrons. The van der Waals surface area contributed by atoms with Gasteiger partial charge in [0.2, 0.25) is 0 Å². The summed E-state index contributed by atoms with van der Waals surface area (Å²) in [6, 6.07) is 7.66. The molecule has 0 fully saturated rings. The van der Waals surface area contributed by atoms with E-state index in [1.807, 2.05) is 31.2 Å². The van der Waals surface area contributed by atoms with E-state index in [2.05, 4.69) is 17.2 Å². The van der Waals surface area contributed by atoms with Crippen molar-refractivity contribution in [1.29, 1.82) is 0 Å². The first-order valence-corrected chi connectivity index (χ1v) is 7.09. The Morgan fingerprint density at radius 3 is 2.63 bits per heavy atom. The summed E-state index contributed by atoms with van der Waals surface area (Å²) >= 11 is 1.41. The number of nitrogens with zero attached hydrogens (tertiary/aromatic N) is 1. The summed E-state index contributed by atoms with van der Waals surface area (Å²) in [4.78, 5) is 16.2. The van der Waals surface area contributed by atoms with Crippen LogP contribution in [-0.2, 0) is 6.42 Å². The third-order valence-electron chi connectivity index (χ3n) is 2.76. The second-order valence-corrected chi connectivity index (χ2v) is 5.25. The Balaban J connectivity index is 2.06. The number of hydrogen-bond donors (Lipinski definition) is 2. The van der Waals surface area contributed by atoms with Gasteiger partial charge < -0.3 is 11.1 Å². The minimum atomic E-state index is -0.201. The van der Waals surface area contributed by atoms with Crippen LogP contribution in [0, 0.1) is 0 Å². The molecule has 0 aliphatic carbocycles. The highest BCUT2D eigenvalue weighted by molar-refractivity contribution is 7.09. The fourth-order valence-corrected chi connectivity index (χ4v) is 2.38. The molecule has 0 aliphatic rings. The van der Waals surface area contributed by atoms with Gasteiger partial charge in [0.1, 0.15) is 10.7 Å². The van der Waals surface area contributed by atoms with Crippen LogP contribution in [0.15, 0.2) is 29.6 Å². The number of anilines is 1. The van der Waals surface area contributed by atoms with E-state index in [9.17, 15) is 4.79 Å². The van der Waals surface area contributed by atoms with E-state index in [1.54, 1.807) is 5.38 Å². The van der Waals surface area contributed by atoms with E-state index < -0.39 is 0 Å². The number of thiazole rings is 1. The van der Waals surface area contributed by atoms with Crippen molar-refractivity contribution in [1.82, 2.24) is 4.98 Å². The van der Waals surface area contributed by atoms with Crippen LogP contribution < -0.4 is 11.1 Å². The predicted molar refractivity (Wildman–Crippen MR) is 78.5 cm³/mol. The second-order valence-electron chi connectivity index (χ2n) is 4.36. The Kier molecular flexibility index (Phi) is 4.29. The summed E-state index contributed by atoms with van der Waals surface area (Å²) in [5.74, 6) is -0.201. The van der Waals surface area contributed by atoms with Gasteiger partial charge in [0.25, 0.3) is 5.91 Å². The van der Waals surface area contributed by atoms with Gasteiger partial charge in [0.05, 0.1) is 6.04 Å². The van der Waals surface area contributed by atoms with Gasteiger partial charge in [-0.15, -0.1) is 11.3 Å². The second kappa shape index (κ2) is 5.95. The maximum absolute atomic E-state index is 12.0. The smallest absolute Gasteiger partial charge is 0.275 e. The van der Waals surface area contributed by atoms with E-state index in [4.69, 9.17) is 5.73 Å². The zero-order valence-corrected chi connectivity index (χ0v) is 11.8. The van der Waals surface area contributed by atoms with Crippen LogP contribution in [0.25, 0.3) is 0 Å². The SMILES string of the molecule is CCc1ccc(NC(=O)c2csc(C(C)N)n2)cc1. The number of aromatic nitrogens is 1. The predicted octanol–water partition coefficient (Wildman–Crippen LogP) is 2.98. The molecule has 1 heterocycles. The molecule has 19 heavy (non-hydrogen) atoms. The molecular formula is C14H17N3OS. The summed E-state index contributed by atoms with van der Waals surface area (Å²) in [5.41, 5.74) is 8.16. The molecule has 2 aromatic rings. The molecule has 1 aromatic carbocycles. The van der Waals surface area contributed by atoms with Crippen molar-refractivity contribution in [3.63, 3.8) is 0 Å². The lowest BCUT2D eigenvalue weighted by atomic mass is 10.1. The van der Waals surface area contributed by atoms with Crippen LogP contribution in [0.5, 0.6) is 0 Å². The number of benzene rings is 1. The number of carbonyl (C=O) groups is 1. The fourth-order valence-electron chi connectivity index (χ4n) is 1.62. The number of rotatable bonds is 4. The first kappa shape index (κ1) is 13.7. The molecule has 2 rings (SSSR count). The van der Waals surface area contributed by atoms with Crippen molar-refractivity contribution in [3.8, 4) is 0 Å². The van der Waals surface area contributed by atoms with Crippen molar-refractivity contribution in [2.45, 2.75) is 26.3 Å². The van der Waals surface area contributed by atoms with E-state index in [-0.39, 0.29) is 11.9 Å². The Morgan fingerprint density at radius 2 is 2.11 bits per heavy atom. The first-order chi connectivity index (χ1) is 9.10. The minimum absolute atomic E-state index is 0.143. The van der Waals surface area contributed by atoms with Gasteiger partial charge in [-0.1, -0.05) is 19.1 Å². The van der Waals surface area contributed by atoms with Crippen LogP contribution in [0.2, 0.25) is 0 Å². The molecule has 0 saturated heterocycles. The average Bonchev–Trinajstić information content (AvgIpc) is 2.89. The average molecular weight is 275 g/mol. The Bertz CT molecular complexity index is 560. The highest BCUT2D eigenvalue weighted by Gasteiger charge is 2.12. The molecule has 1 amide bonds. The van der Waals surface area contributed by atoms with E-state index in [1.165, 1.54) is 16.9 Å². The van der Waals surface area contributed by atoms with Gasteiger partial charge in [0, 0.05) is 11.1 Å². The molecule has 1 aromatic heterocycles. The Labute approximate surface area is 116 Å². The Morgan fingerprint density at radius 1 is 1.42 bits per heavy atom. The fraction of sp³-hybridized carbons (Fsp3) is 0.286. The molecule has 0 spiro atoms. The lowest BCUT2D eigenvalue weighted by Crippen LogP contribution is -2.13. The number of nitrogens with one attached hydrogen (secondary N) is 1. The van der Waals surface area contributed by atoms with Crippen LogP contribution in [0.3, 0.4) is 0 Å². The molecule has 3 N–H and O–H groups in total. The summed E-state index contributed by atoms with van der Waals surface area (Å²) in [7, 11) is 0. The van der Waals surface area contributed by atoms with Crippen molar-refractivity contribution in [3.05, 3.63) is 45.9 Å². The van der Waals surface area contributed by atoms with Gasteiger partial charge in [-0.2, -0.15) is 0 Å². The molecule has 100 valence electrons. The summed E-state index contributed by atoms with van der Waals surface area (Å²) in [6.45, 7) is 3.95. The van der Waals surface area contributed by atoms with E-state index in [0.29, 0.717) is 5.69 Å². The molecule has 0 saturated carbocycles.